The van der Waals surface area contributed by atoms with Crippen molar-refractivity contribution in [3.63, 3.8) is 0 Å². The number of esters is 1. The number of carbonyl (C=O) groups excluding carboxylic acids is 1. The number of furan rings is 1. The Morgan fingerprint density at radius 3 is 2.89 bits per heavy atom. The first-order chi connectivity index (χ1) is 8.58. The van der Waals surface area contributed by atoms with Crippen molar-refractivity contribution in [1.82, 2.24) is 5.32 Å². The van der Waals surface area contributed by atoms with Gasteiger partial charge in [0, 0.05) is 28.9 Å². The monoisotopic (exact) mass is 273 g/mol. The van der Waals surface area contributed by atoms with E-state index < -0.39 is 16.8 Å². The topological polar surface area (TPSA) is 68.5 Å². The second kappa shape index (κ2) is 7.33. The van der Waals surface area contributed by atoms with Crippen LogP contribution in [0.4, 0.5) is 0 Å². The highest BCUT2D eigenvalue weighted by Crippen LogP contribution is 2.16. The number of hydrogen-bond acceptors (Lipinski definition) is 5. The van der Waals surface area contributed by atoms with Crippen LogP contribution in [-0.4, -0.2) is 35.3 Å². The molecule has 1 N–H and O–H groups in total. The lowest BCUT2D eigenvalue weighted by Crippen LogP contribution is -2.24. The van der Waals surface area contributed by atoms with Crippen molar-refractivity contribution < 1.29 is 18.2 Å². The van der Waals surface area contributed by atoms with E-state index in [2.05, 4.69) is 10.1 Å². The van der Waals surface area contributed by atoms with E-state index in [0.717, 1.165) is 0 Å². The molecule has 0 aliphatic carbocycles. The minimum Gasteiger partial charge on any atom is -0.463 e. The van der Waals surface area contributed by atoms with Crippen LogP contribution >= 0.6 is 0 Å². The van der Waals surface area contributed by atoms with Gasteiger partial charge in [0.2, 0.25) is 5.76 Å². The standard InChI is InChI=1S/C12H19NO4S/c1-4-18(15)8-7-13-9(2)10-5-6-11(17-10)12(14)16-3/h5-6,9,13H,4,7-8H2,1-3H3. The van der Waals surface area contributed by atoms with E-state index >= 15 is 0 Å². The van der Waals surface area contributed by atoms with Gasteiger partial charge in [-0.1, -0.05) is 6.92 Å². The maximum Gasteiger partial charge on any atom is 0.373 e. The van der Waals surface area contributed by atoms with Crippen molar-refractivity contribution in [1.29, 1.82) is 0 Å². The zero-order chi connectivity index (χ0) is 13.5. The van der Waals surface area contributed by atoms with Gasteiger partial charge >= 0.3 is 5.97 Å². The summed E-state index contributed by atoms with van der Waals surface area (Å²) in [6.45, 7) is 4.47. The SMILES string of the molecule is CCS(=O)CCNC(C)c1ccc(C(=O)OC)o1. The average Bonchev–Trinajstić information content (AvgIpc) is 2.87. The summed E-state index contributed by atoms with van der Waals surface area (Å²) >= 11 is 0. The van der Waals surface area contributed by atoms with Gasteiger partial charge in [0.1, 0.15) is 5.76 Å². The van der Waals surface area contributed by atoms with Crippen molar-refractivity contribution in [2.45, 2.75) is 19.9 Å². The first-order valence-corrected chi connectivity index (χ1v) is 7.33. The molecule has 1 aromatic heterocycles. The molecule has 0 aromatic carbocycles. The molecule has 18 heavy (non-hydrogen) atoms. The fraction of sp³-hybridized carbons (Fsp3) is 0.583. The smallest absolute Gasteiger partial charge is 0.373 e. The fourth-order valence-corrected chi connectivity index (χ4v) is 2.06. The summed E-state index contributed by atoms with van der Waals surface area (Å²) in [4.78, 5) is 11.2. The van der Waals surface area contributed by atoms with Gasteiger partial charge in [-0.25, -0.2) is 4.79 Å². The predicted molar refractivity (Wildman–Crippen MR) is 70.0 cm³/mol. The maximum atomic E-state index is 11.2. The first-order valence-electron chi connectivity index (χ1n) is 5.84. The molecule has 102 valence electrons. The van der Waals surface area contributed by atoms with Crippen molar-refractivity contribution in [2.75, 3.05) is 25.2 Å². The Morgan fingerprint density at radius 1 is 1.56 bits per heavy atom. The lowest BCUT2D eigenvalue weighted by Gasteiger charge is -2.10. The normalized spacial score (nSPS) is 14.2. The molecule has 0 fully saturated rings. The van der Waals surface area contributed by atoms with Gasteiger partial charge in [0.05, 0.1) is 13.2 Å². The molecule has 0 saturated carbocycles. The number of carbonyl (C=O) groups is 1. The summed E-state index contributed by atoms with van der Waals surface area (Å²) in [5.74, 6) is 1.66. The van der Waals surface area contributed by atoms with Crippen LogP contribution in [0.3, 0.4) is 0 Å². The van der Waals surface area contributed by atoms with Gasteiger partial charge in [-0.05, 0) is 19.1 Å². The third kappa shape index (κ3) is 4.27. The van der Waals surface area contributed by atoms with Gasteiger partial charge in [0.15, 0.2) is 0 Å². The van der Waals surface area contributed by atoms with Crippen LogP contribution in [0.1, 0.15) is 36.2 Å². The van der Waals surface area contributed by atoms with Gasteiger partial charge in [-0.3, -0.25) is 4.21 Å². The highest BCUT2D eigenvalue weighted by atomic mass is 32.2. The molecule has 0 radical (unpaired) electrons. The Bertz CT molecular complexity index is 416. The molecule has 6 heteroatoms. The van der Waals surface area contributed by atoms with E-state index in [-0.39, 0.29) is 11.8 Å². The molecule has 2 unspecified atom stereocenters. The minimum atomic E-state index is -0.771. The Morgan fingerprint density at radius 2 is 2.28 bits per heavy atom. The van der Waals surface area contributed by atoms with Crippen molar-refractivity contribution >= 4 is 16.8 Å². The molecule has 0 amide bonds. The van der Waals surface area contributed by atoms with E-state index in [1.165, 1.54) is 7.11 Å². The van der Waals surface area contributed by atoms with Crippen LogP contribution in [0, 0.1) is 0 Å². The van der Waals surface area contributed by atoms with Crippen LogP contribution in [0.2, 0.25) is 0 Å². The Kier molecular flexibility index (Phi) is 6.07. The van der Waals surface area contributed by atoms with Gasteiger partial charge < -0.3 is 14.5 Å². The third-order valence-electron chi connectivity index (χ3n) is 2.54. The van der Waals surface area contributed by atoms with Crippen LogP contribution in [-0.2, 0) is 15.5 Å². The van der Waals surface area contributed by atoms with Gasteiger partial charge in [0.25, 0.3) is 0 Å². The molecule has 1 rings (SSSR count). The molecular formula is C12H19NO4S. The molecule has 0 aliphatic rings. The predicted octanol–water partition coefficient (Wildman–Crippen LogP) is 1.49. The summed E-state index contributed by atoms with van der Waals surface area (Å²) in [7, 11) is 0.541. The summed E-state index contributed by atoms with van der Waals surface area (Å²) < 4.78 is 21.2. The number of rotatable bonds is 7. The summed E-state index contributed by atoms with van der Waals surface area (Å²) in [5.41, 5.74) is 0. The highest BCUT2D eigenvalue weighted by molar-refractivity contribution is 7.84. The number of methoxy groups -OCH3 is 1. The van der Waals surface area contributed by atoms with E-state index in [1.807, 2.05) is 13.8 Å². The highest BCUT2D eigenvalue weighted by Gasteiger charge is 2.14. The molecule has 1 aromatic rings. The lowest BCUT2D eigenvalue weighted by atomic mass is 10.2. The van der Waals surface area contributed by atoms with Crippen LogP contribution < -0.4 is 5.32 Å². The van der Waals surface area contributed by atoms with E-state index in [9.17, 15) is 9.00 Å². The van der Waals surface area contributed by atoms with Gasteiger partial charge in [-0.15, -0.1) is 0 Å². The summed E-state index contributed by atoms with van der Waals surface area (Å²) in [5, 5.41) is 3.20. The van der Waals surface area contributed by atoms with Crippen LogP contribution in [0.5, 0.6) is 0 Å². The Hall–Kier alpha value is -1.14. The molecule has 0 aliphatic heterocycles. The molecule has 0 bridgehead atoms. The molecule has 5 nitrogen and oxygen atoms in total. The van der Waals surface area contributed by atoms with Crippen molar-refractivity contribution in [2.24, 2.45) is 0 Å². The number of nitrogens with one attached hydrogen (secondary N) is 1. The quantitative estimate of drug-likeness (QED) is 0.762. The third-order valence-corrected chi connectivity index (χ3v) is 3.85. The largest absolute Gasteiger partial charge is 0.463 e. The van der Waals surface area contributed by atoms with Crippen LogP contribution in [0.15, 0.2) is 16.5 Å². The molecule has 0 saturated heterocycles. The van der Waals surface area contributed by atoms with Gasteiger partial charge in [-0.2, -0.15) is 0 Å². The van der Waals surface area contributed by atoms with Crippen molar-refractivity contribution in [3.8, 4) is 0 Å². The van der Waals surface area contributed by atoms with E-state index in [1.54, 1.807) is 12.1 Å². The van der Waals surface area contributed by atoms with Crippen molar-refractivity contribution in [3.05, 3.63) is 23.7 Å². The molecular weight excluding hydrogens is 254 g/mol. The van der Waals surface area contributed by atoms with E-state index in [0.29, 0.717) is 23.8 Å². The summed E-state index contributed by atoms with van der Waals surface area (Å²) in [6, 6.07) is 3.29. The second-order valence-corrected chi connectivity index (χ2v) is 5.67. The molecule has 0 spiro atoms. The second-order valence-electron chi connectivity index (χ2n) is 3.80. The molecule has 2 atom stereocenters. The summed E-state index contributed by atoms with van der Waals surface area (Å²) in [6.07, 6.45) is 0. The zero-order valence-corrected chi connectivity index (χ0v) is 11.7. The van der Waals surface area contributed by atoms with E-state index in [4.69, 9.17) is 4.42 Å². The Labute approximate surface area is 109 Å². The number of hydrogen-bond donors (Lipinski definition) is 1. The zero-order valence-electron chi connectivity index (χ0n) is 10.9. The minimum absolute atomic E-state index is 0.0303. The fourth-order valence-electron chi connectivity index (χ4n) is 1.43. The number of ether oxygens (including phenoxy) is 1. The Balaban J connectivity index is 2.46. The lowest BCUT2D eigenvalue weighted by molar-refractivity contribution is 0.0562. The molecule has 1 heterocycles. The van der Waals surface area contributed by atoms with Crippen LogP contribution in [0.25, 0.3) is 0 Å². The maximum absolute atomic E-state index is 11.2. The average molecular weight is 273 g/mol. The first kappa shape index (κ1) is 14.9.